The number of rotatable bonds is 8. The van der Waals surface area contributed by atoms with Crippen molar-refractivity contribution < 1.29 is 14.3 Å². The van der Waals surface area contributed by atoms with Crippen molar-refractivity contribution in [2.24, 2.45) is 0 Å². The molecule has 3 aromatic carbocycles. The number of hydrogen-bond acceptors (Lipinski definition) is 3. The maximum absolute atomic E-state index is 12.5. The molecule has 0 aliphatic heterocycles. The Morgan fingerprint density at radius 2 is 1.41 bits per heavy atom. The number of anilines is 2. The van der Waals surface area contributed by atoms with Crippen LogP contribution in [0.15, 0.2) is 78.9 Å². The van der Waals surface area contributed by atoms with E-state index in [1.807, 2.05) is 43.3 Å². The van der Waals surface area contributed by atoms with Crippen LogP contribution in [-0.2, 0) is 11.2 Å². The molecule has 2 N–H and O–H groups in total. The largest absolute Gasteiger partial charge is 0.493 e. The summed E-state index contributed by atoms with van der Waals surface area (Å²) in [5, 5.41) is 5.73. The van der Waals surface area contributed by atoms with Gasteiger partial charge in [0.15, 0.2) is 0 Å². The number of nitrogens with one attached hydrogen (secondary N) is 2. The smallest absolute Gasteiger partial charge is 0.259 e. The van der Waals surface area contributed by atoms with Crippen molar-refractivity contribution in [2.45, 2.75) is 19.8 Å². The number of aryl methyl sites for hydroxylation is 1. The van der Waals surface area contributed by atoms with Crippen molar-refractivity contribution >= 4 is 23.2 Å². The number of amides is 2. The first-order chi connectivity index (χ1) is 14.2. The Kier molecular flexibility index (Phi) is 7.00. The third kappa shape index (κ3) is 5.94. The molecule has 148 valence electrons. The molecule has 0 aliphatic carbocycles. The molecule has 0 fully saturated rings. The molecule has 0 radical (unpaired) electrons. The highest BCUT2D eigenvalue weighted by Crippen LogP contribution is 2.20. The van der Waals surface area contributed by atoms with Crippen LogP contribution in [-0.4, -0.2) is 18.4 Å². The van der Waals surface area contributed by atoms with E-state index in [0.29, 0.717) is 42.1 Å². The molecule has 0 aromatic heterocycles. The lowest BCUT2D eigenvalue weighted by Gasteiger charge is -2.11. The summed E-state index contributed by atoms with van der Waals surface area (Å²) in [5.41, 5.74) is 2.94. The number of ether oxygens (including phenoxy) is 1. The van der Waals surface area contributed by atoms with E-state index in [2.05, 4.69) is 10.6 Å². The molecular weight excluding hydrogens is 364 g/mol. The first-order valence-corrected chi connectivity index (χ1v) is 9.62. The number of benzene rings is 3. The van der Waals surface area contributed by atoms with Gasteiger partial charge < -0.3 is 15.4 Å². The van der Waals surface area contributed by atoms with Crippen LogP contribution in [0.3, 0.4) is 0 Å². The highest BCUT2D eigenvalue weighted by Gasteiger charge is 2.12. The second-order valence-electron chi connectivity index (χ2n) is 6.49. The minimum absolute atomic E-state index is 0.0451. The van der Waals surface area contributed by atoms with E-state index < -0.39 is 0 Å². The fourth-order valence-electron chi connectivity index (χ4n) is 2.90. The summed E-state index contributed by atoms with van der Waals surface area (Å²) in [6.07, 6.45) is 1.11. The van der Waals surface area contributed by atoms with Crippen LogP contribution >= 0.6 is 0 Å². The van der Waals surface area contributed by atoms with E-state index in [-0.39, 0.29) is 11.8 Å². The standard InChI is InChI=1S/C24H24N2O3/c1-2-29-22-11-7-6-10-21(22)24(28)26-20-15-13-19(14-16-20)25-23(27)17-12-18-8-4-3-5-9-18/h3-11,13-16H,2,12,17H2,1H3,(H,25,27)(H,26,28). The third-order valence-corrected chi connectivity index (χ3v) is 4.34. The van der Waals surface area contributed by atoms with Gasteiger partial charge in [-0.15, -0.1) is 0 Å². The van der Waals surface area contributed by atoms with Crippen LogP contribution in [0.5, 0.6) is 5.75 Å². The Bertz CT molecular complexity index is 953. The van der Waals surface area contributed by atoms with Gasteiger partial charge in [0.05, 0.1) is 12.2 Å². The average Bonchev–Trinajstić information content (AvgIpc) is 2.75. The number of carbonyl (C=O) groups is 2. The van der Waals surface area contributed by atoms with Gasteiger partial charge in [0, 0.05) is 17.8 Å². The Hall–Kier alpha value is -3.60. The molecule has 0 saturated heterocycles. The molecule has 0 heterocycles. The topological polar surface area (TPSA) is 67.4 Å². The van der Waals surface area contributed by atoms with Gasteiger partial charge in [-0.25, -0.2) is 0 Å². The van der Waals surface area contributed by atoms with Crippen LogP contribution in [0.1, 0.15) is 29.3 Å². The molecule has 0 spiro atoms. The van der Waals surface area contributed by atoms with E-state index in [1.165, 1.54) is 0 Å². The fraction of sp³-hybridized carbons (Fsp3) is 0.167. The molecule has 3 aromatic rings. The van der Waals surface area contributed by atoms with Crippen LogP contribution < -0.4 is 15.4 Å². The predicted molar refractivity (Wildman–Crippen MR) is 115 cm³/mol. The van der Waals surface area contributed by atoms with Crippen LogP contribution in [0.4, 0.5) is 11.4 Å². The lowest BCUT2D eigenvalue weighted by molar-refractivity contribution is -0.116. The molecule has 29 heavy (non-hydrogen) atoms. The Labute approximate surface area is 170 Å². The van der Waals surface area contributed by atoms with Crippen molar-refractivity contribution in [1.82, 2.24) is 0 Å². The first-order valence-electron chi connectivity index (χ1n) is 9.62. The number of carbonyl (C=O) groups excluding carboxylic acids is 2. The number of para-hydroxylation sites is 1. The summed E-state index contributed by atoms with van der Waals surface area (Å²) in [6.45, 7) is 2.37. The zero-order valence-corrected chi connectivity index (χ0v) is 16.4. The summed E-state index contributed by atoms with van der Waals surface area (Å²) >= 11 is 0. The van der Waals surface area contributed by atoms with E-state index in [9.17, 15) is 9.59 Å². The zero-order chi connectivity index (χ0) is 20.5. The molecule has 0 aliphatic rings. The minimum atomic E-state index is -0.242. The van der Waals surface area contributed by atoms with Gasteiger partial charge >= 0.3 is 0 Å². The van der Waals surface area contributed by atoms with E-state index in [4.69, 9.17) is 4.74 Å². The molecule has 0 unspecified atom stereocenters. The van der Waals surface area contributed by atoms with Gasteiger partial charge in [-0.3, -0.25) is 9.59 Å². The Morgan fingerprint density at radius 1 is 0.793 bits per heavy atom. The van der Waals surface area contributed by atoms with Gasteiger partial charge in [0.2, 0.25) is 5.91 Å². The zero-order valence-electron chi connectivity index (χ0n) is 16.4. The highest BCUT2D eigenvalue weighted by molar-refractivity contribution is 6.06. The van der Waals surface area contributed by atoms with Gasteiger partial charge in [-0.2, -0.15) is 0 Å². The maximum Gasteiger partial charge on any atom is 0.259 e. The maximum atomic E-state index is 12.5. The molecule has 0 bridgehead atoms. The number of hydrogen-bond donors (Lipinski definition) is 2. The van der Waals surface area contributed by atoms with E-state index >= 15 is 0 Å². The van der Waals surface area contributed by atoms with Gasteiger partial charge in [0.25, 0.3) is 5.91 Å². The normalized spacial score (nSPS) is 10.2. The summed E-state index contributed by atoms with van der Waals surface area (Å²) in [6, 6.07) is 24.1. The lowest BCUT2D eigenvalue weighted by Crippen LogP contribution is -2.14. The van der Waals surface area contributed by atoms with Crippen LogP contribution in [0, 0.1) is 0 Å². The average molecular weight is 388 g/mol. The van der Waals surface area contributed by atoms with Crippen molar-refractivity contribution in [1.29, 1.82) is 0 Å². The molecule has 5 heteroatoms. The second-order valence-corrected chi connectivity index (χ2v) is 6.49. The second kappa shape index (κ2) is 10.1. The molecule has 2 amide bonds. The Balaban J connectivity index is 1.54. The summed E-state index contributed by atoms with van der Waals surface area (Å²) in [5.74, 6) is 0.264. The monoisotopic (exact) mass is 388 g/mol. The molecule has 5 nitrogen and oxygen atoms in total. The van der Waals surface area contributed by atoms with Gasteiger partial charge in [-0.1, -0.05) is 42.5 Å². The summed E-state index contributed by atoms with van der Waals surface area (Å²) in [7, 11) is 0. The highest BCUT2D eigenvalue weighted by atomic mass is 16.5. The van der Waals surface area contributed by atoms with Crippen LogP contribution in [0.2, 0.25) is 0 Å². The van der Waals surface area contributed by atoms with Gasteiger partial charge in [0.1, 0.15) is 5.75 Å². The van der Waals surface area contributed by atoms with Crippen molar-refractivity contribution in [3.05, 3.63) is 90.0 Å². The molecule has 0 saturated carbocycles. The third-order valence-electron chi connectivity index (χ3n) is 4.34. The van der Waals surface area contributed by atoms with Gasteiger partial charge in [-0.05, 0) is 55.3 Å². The van der Waals surface area contributed by atoms with Crippen molar-refractivity contribution in [2.75, 3.05) is 17.2 Å². The van der Waals surface area contributed by atoms with E-state index in [1.54, 1.807) is 42.5 Å². The molecule has 0 atom stereocenters. The molecular formula is C24H24N2O3. The predicted octanol–water partition coefficient (Wildman–Crippen LogP) is 4.91. The fourth-order valence-corrected chi connectivity index (χ4v) is 2.90. The lowest BCUT2D eigenvalue weighted by atomic mass is 10.1. The summed E-state index contributed by atoms with van der Waals surface area (Å²) < 4.78 is 5.51. The molecule has 3 rings (SSSR count). The van der Waals surface area contributed by atoms with Crippen molar-refractivity contribution in [3.8, 4) is 5.75 Å². The van der Waals surface area contributed by atoms with E-state index in [0.717, 1.165) is 5.56 Å². The quantitative estimate of drug-likeness (QED) is 0.576. The van der Waals surface area contributed by atoms with Crippen molar-refractivity contribution in [3.63, 3.8) is 0 Å². The summed E-state index contributed by atoms with van der Waals surface area (Å²) in [4.78, 5) is 24.7. The minimum Gasteiger partial charge on any atom is -0.493 e. The first kappa shape index (κ1) is 20.1. The SMILES string of the molecule is CCOc1ccccc1C(=O)Nc1ccc(NC(=O)CCc2ccccc2)cc1. The Morgan fingerprint density at radius 3 is 2.10 bits per heavy atom. The van der Waals surface area contributed by atoms with Crippen LogP contribution in [0.25, 0.3) is 0 Å².